The highest BCUT2D eigenvalue weighted by Crippen LogP contribution is 2.36. The van der Waals surface area contributed by atoms with Gasteiger partial charge < -0.3 is 24.6 Å². The number of methoxy groups -OCH3 is 2. The van der Waals surface area contributed by atoms with E-state index in [-0.39, 0.29) is 5.75 Å². The molecule has 0 spiro atoms. The number of nitrogens with one attached hydrogen (secondary N) is 1. The van der Waals surface area contributed by atoms with Crippen LogP contribution in [0.4, 0.5) is 0 Å². The maximum atomic E-state index is 9.82. The number of hydrogen-bond donors (Lipinski definition) is 2. The van der Waals surface area contributed by atoms with E-state index in [1.165, 1.54) is 14.2 Å². The molecule has 0 bridgehead atoms. The van der Waals surface area contributed by atoms with E-state index in [4.69, 9.17) is 14.2 Å². The zero-order valence-electron chi connectivity index (χ0n) is 11.4. The Labute approximate surface area is 113 Å². The summed E-state index contributed by atoms with van der Waals surface area (Å²) in [5.41, 5.74) is 1.00. The Hall–Kier alpha value is -1.46. The first kappa shape index (κ1) is 14.0. The first-order valence-corrected chi connectivity index (χ1v) is 6.50. The minimum Gasteiger partial charge on any atom is -0.502 e. The molecule has 1 aliphatic rings. The van der Waals surface area contributed by atoms with Gasteiger partial charge in [-0.25, -0.2) is 0 Å². The van der Waals surface area contributed by atoms with Gasteiger partial charge in [0.1, 0.15) is 0 Å². The van der Waals surface area contributed by atoms with Gasteiger partial charge in [0, 0.05) is 19.7 Å². The van der Waals surface area contributed by atoms with Crippen LogP contribution in [0.5, 0.6) is 17.2 Å². The molecular weight excluding hydrogens is 246 g/mol. The first-order chi connectivity index (χ1) is 9.24. The van der Waals surface area contributed by atoms with Crippen molar-refractivity contribution in [1.29, 1.82) is 0 Å². The highest BCUT2D eigenvalue weighted by atomic mass is 16.5. The Bertz CT molecular complexity index is 391. The van der Waals surface area contributed by atoms with Gasteiger partial charge in [-0.2, -0.15) is 0 Å². The lowest BCUT2D eigenvalue weighted by Gasteiger charge is -2.13. The average Bonchev–Trinajstić information content (AvgIpc) is 2.93. The highest BCUT2D eigenvalue weighted by Gasteiger charge is 2.15. The molecular formula is C14H21NO4. The fourth-order valence-corrected chi connectivity index (χ4v) is 2.23. The lowest BCUT2D eigenvalue weighted by molar-refractivity contribution is 0.110. The number of ether oxygens (including phenoxy) is 3. The molecule has 5 heteroatoms. The second-order valence-electron chi connectivity index (χ2n) is 4.61. The van der Waals surface area contributed by atoms with Crippen LogP contribution in [0, 0.1) is 0 Å². The van der Waals surface area contributed by atoms with E-state index >= 15 is 0 Å². The zero-order chi connectivity index (χ0) is 13.7. The molecule has 1 aromatic carbocycles. The number of rotatable bonds is 6. The monoisotopic (exact) mass is 267 g/mol. The summed E-state index contributed by atoms with van der Waals surface area (Å²) in [6.45, 7) is 2.39. The number of aromatic hydroxyl groups is 1. The predicted octanol–water partition coefficient (Wildman–Crippen LogP) is 1.68. The second-order valence-corrected chi connectivity index (χ2v) is 4.61. The lowest BCUT2D eigenvalue weighted by Crippen LogP contribution is -2.25. The molecule has 0 aromatic heterocycles. The summed E-state index contributed by atoms with van der Waals surface area (Å²) >= 11 is 0. The first-order valence-electron chi connectivity index (χ1n) is 6.50. The van der Waals surface area contributed by atoms with Crippen molar-refractivity contribution in [2.75, 3.05) is 27.4 Å². The fraction of sp³-hybridized carbons (Fsp3) is 0.571. The van der Waals surface area contributed by atoms with Crippen LogP contribution in [0.15, 0.2) is 12.1 Å². The summed E-state index contributed by atoms with van der Waals surface area (Å²) in [4.78, 5) is 0. The molecule has 19 heavy (non-hydrogen) atoms. The fourth-order valence-electron chi connectivity index (χ4n) is 2.23. The molecule has 1 heterocycles. The van der Waals surface area contributed by atoms with Crippen molar-refractivity contribution < 1.29 is 19.3 Å². The third-order valence-electron chi connectivity index (χ3n) is 3.26. The van der Waals surface area contributed by atoms with Crippen LogP contribution in [0.2, 0.25) is 0 Å². The third-order valence-corrected chi connectivity index (χ3v) is 3.26. The van der Waals surface area contributed by atoms with E-state index in [1.54, 1.807) is 12.1 Å². The van der Waals surface area contributed by atoms with Crippen LogP contribution in [-0.2, 0) is 11.3 Å². The van der Waals surface area contributed by atoms with Crippen molar-refractivity contribution in [3.05, 3.63) is 17.7 Å². The van der Waals surface area contributed by atoms with Gasteiger partial charge in [0.15, 0.2) is 11.5 Å². The smallest absolute Gasteiger partial charge is 0.200 e. The van der Waals surface area contributed by atoms with Gasteiger partial charge in [-0.15, -0.1) is 0 Å². The molecule has 5 nitrogen and oxygen atoms in total. The van der Waals surface area contributed by atoms with E-state index in [2.05, 4.69) is 5.32 Å². The summed E-state index contributed by atoms with van der Waals surface area (Å²) in [5.74, 6) is 0.884. The molecule has 2 rings (SSSR count). The lowest BCUT2D eigenvalue weighted by atomic mass is 10.1. The summed E-state index contributed by atoms with van der Waals surface area (Å²) in [6, 6.07) is 3.61. The molecule has 0 radical (unpaired) electrons. The minimum atomic E-state index is 0.0351. The Morgan fingerprint density at radius 2 is 2.00 bits per heavy atom. The molecule has 1 aromatic rings. The molecule has 2 N–H and O–H groups in total. The minimum absolute atomic E-state index is 0.0351. The van der Waals surface area contributed by atoms with E-state index in [1.807, 2.05) is 0 Å². The predicted molar refractivity (Wildman–Crippen MR) is 71.9 cm³/mol. The normalized spacial score (nSPS) is 18.5. The van der Waals surface area contributed by atoms with Gasteiger partial charge in [0.25, 0.3) is 0 Å². The van der Waals surface area contributed by atoms with Crippen molar-refractivity contribution in [2.45, 2.75) is 25.5 Å². The van der Waals surface area contributed by atoms with Crippen LogP contribution in [0.3, 0.4) is 0 Å². The number of hydrogen-bond acceptors (Lipinski definition) is 5. The molecule has 1 atom stereocenters. The SMILES string of the molecule is COc1cc(CNCC2CCCO2)cc(OC)c1O. The van der Waals surface area contributed by atoms with E-state index in [0.29, 0.717) is 24.1 Å². The van der Waals surface area contributed by atoms with Crippen molar-refractivity contribution in [3.63, 3.8) is 0 Å². The summed E-state index contributed by atoms with van der Waals surface area (Å²) in [5, 5.41) is 13.2. The quantitative estimate of drug-likeness (QED) is 0.821. The summed E-state index contributed by atoms with van der Waals surface area (Å²) < 4.78 is 15.8. The van der Waals surface area contributed by atoms with Crippen LogP contribution in [0.25, 0.3) is 0 Å². The molecule has 106 valence electrons. The van der Waals surface area contributed by atoms with Gasteiger partial charge in [0.2, 0.25) is 5.75 Å². The van der Waals surface area contributed by atoms with Gasteiger partial charge in [-0.3, -0.25) is 0 Å². The topological polar surface area (TPSA) is 60.0 Å². The third kappa shape index (κ3) is 3.52. The van der Waals surface area contributed by atoms with Crippen LogP contribution >= 0.6 is 0 Å². The summed E-state index contributed by atoms with van der Waals surface area (Å²) in [7, 11) is 3.05. The maximum Gasteiger partial charge on any atom is 0.200 e. The molecule has 0 saturated carbocycles. The van der Waals surface area contributed by atoms with Gasteiger partial charge in [-0.05, 0) is 30.5 Å². The Morgan fingerprint density at radius 3 is 2.53 bits per heavy atom. The maximum absolute atomic E-state index is 9.82. The van der Waals surface area contributed by atoms with Crippen LogP contribution in [0.1, 0.15) is 18.4 Å². The molecule has 1 fully saturated rings. The molecule has 0 aliphatic carbocycles. The van der Waals surface area contributed by atoms with E-state index < -0.39 is 0 Å². The molecule has 1 saturated heterocycles. The number of benzene rings is 1. The van der Waals surface area contributed by atoms with Gasteiger partial charge in [-0.1, -0.05) is 0 Å². The number of phenolic OH excluding ortho intramolecular Hbond substituents is 1. The standard InChI is InChI=1S/C14H21NO4/c1-17-12-6-10(7-13(18-2)14(12)16)8-15-9-11-4-3-5-19-11/h6-7,11,15-16H,3-5,8-9H2,1-2H3. The second kappa shape index (κ2) is 6.63. The number of phenols is 1. The Morgan fingerprint density at radius 1 is 1.32 bits per heavy atom. The van der Waals surface area contributed by atoms with Crippen molar-refractivity contribution in [3.8, 4) is 17.2 Å². The molecule has 1 aliphatic heterocycles. The summed E-state index contributed by atoms with van der Waals surface area (Å²) in [6.07, 6.45) is 2.59. The molecule has 0 amide bonds. The Balaban J connectivity index is 1.95. The van der Waals surface area contributed by atoms with Gasteiger partial charge in [0.05, 0.1) is 20.3 Å². The van der Waals surface area contributed by atoms with E-state index in [9.17, 15) is 5.11 Å². The Kier molecular flexibility index (Phi) is 4.87. The highest BCUT2D eigenvalue weighted by molar-refractivity contribution is 5.52. The van der Waals surface area contributed by atoms with Crippen LogP contribution < -0.4 is 14.8 Å². The van der Waals surface area contributed by atoms with Crippen LogP contribution in [-0.4, -0.2) is 38.6 Å². The largest absolute Gasteiger partial charge is 0.502 e. The average molecular weight is 267 g/mol. The van der Waals surface area contributed by atoms with Crippen molar-refractivity contribution >= 4 is 0 Å². The van der Waals surface area contributed by atoms with Crippen molar-refractivity contribution in [1.82, 2.24) is 5.32 Å². The molecule has 1 unspecified atom stereocenters. The van der Waals surface area contributed by atoms with Crippen molar-refractivity contribution in [2.24, 2.45) is 0 Å². The van der Waals surface area contributed by atoms with Gasteiger partial charge >= 0.3 is 0 Å². The van der Waals surface area contributed by atoms with E-state index in [0.717, 1.165) is 31.6 Å². The zero-order valence-corrected chi connectivity index (χ0v) is 11.4.